The first-order valence-electron chi connectivity index (χ1n) is 5.62. The molecule has 0 aliphatic rings. The zero-order chi connectivity index (χ0) is 17.6. The minimum Gasteiger partial charge on any atom is -0.228 e. The summed E-state index contributed by atoms with van der Waals surface area (Å²) in [7, 11) is 0. The molecule has 1 radical (unpaired) electrons. The van der Waals surface area contributed by atoms with Gasteiger partial charge in [-0.15, -0.1) is 0 Å². The number of halogens is 9. The number of hydrogen-bond acceptors (Lipinski definition) is 0. The first-order chi connectivity index (χ1) is 9.66. The van der Waals surface area contributed by atoms with E-state index >= 15 is 0 Å². The van der Waals surface area contributed by atoms with E-state index in [-0.39, 0.29) is 5.56 Å². The quantitative estimate of drug-likeness (QED) is 0.392. The van der Waals surface area contributed by atoms with Gasteiger partial charge in [0.05, 0.1) is 0 Å². The Labute approximate surface area is 173 Å². The lowest BCUT2D eigenvalue weighted by atomic mass is 10.0. The van der Waals surface area contributed by atoms with Crippen molar-refractivity contribution in [3.05, 3.63) is 35.4 Å². The van der Waals surface area contributed by atoms with Crippen LogP contribution in [0.4, 0.5) is 0 Å². The van der Waals surface area contributed by atoms with Gasteiger partial charge in [-0.25, -0.2) is 5.11 Å². The number of alkyl halides is 9. The molecule has 1 aromatic carbocycles. The molecule has 0 aromatic heterocycles. The van der Waals surface area contributed by atoms with Crippen LogP contribution in [0.25, 0.3) is 0 Å². The normalized spacial score (nSPS) is 15.8. The van der Waals surface area contributed by atoms with Crippen molar-refractivity contribution in [2.75, 3.05) is 0 Å². The zero-order valence-electron chi connectivity index (χ0n) is 10.7. The molecule has 0 heterocycles. The molecular formula is C12H8Cl9O. The Bertz CT molecular complexity index is 534. The summed E-state index contributed by atoms with van der Waals surface area (Å²) in [5.41, 5.74) is 0.594. The van der Waals surface area contributed by atoms with Crippen molar-refractivity contribution in [1.82, 2.24) is 0 Å². The lowest BCUT2D eigenvalue weighted by molar-refractivity contribution is 0.106. The third-order valence-electron chi connectivity index (χ3n) is 2.86. The minimum atomic E-state index is -2.36. The second-order valence-electron chi connectivity index (χ2n) is 4.49. The molecule has 0 aliphatic heterocycles. The van der Waals surface area contributed by atoms with Crippen molar-refractivity contribution in [2.24, 2.45) is 0 Å². The fourth-order valence-electron chi connectivity index (χ4n) is 1.54. The Kier molecular flexibility index (Phi) is 7.14. The van der Waals surface area contributed by atoms with Crippen LogP contribution in [0.1, 0.15) is 24.2 Å². The van der Waals surface area contributed by atoms with Gasteiger partial charge in [0.2, 0.25) is 8.13 Å². The highest BCUT2D eigenvalue weighted by Crippen LogP contribution is 2.65. The molecule has 125 valence electrons. The summed E-state index contributed by atoms with van der Waals surface area (Å²) in [6.45, 7) is 1.45. The van der Waals surface area contributed by atoms with Gasteiger partial charge in [0.1, 0.15) is 6.10 Å². The maximum atomic E-state index is 11.5. The molecule has 1 aromatic rings. The van der Waals surface area contributed by atoms with Crippen molar-refractivity contribution >= 4 is 104 Å². The summed E-state index contributed by atoms with van der Waals surface area (Å²) < 4.78 is -9.06. The fourth-order valence-corrected chi connectivity index (χ4v) is 3.76. The Morgan fingerprint density at radius 1 is 0.864 bits per heavy atom. The highest BCUT2D eigenvalue weighted by Gasteiger charge is 2.68. The molecule has 0 saturated heterocycles. The molecule has 1 atom stereocenters. The summed E-state index contributed by atoms with van der Waals surface area (Å²) in [6, 6.07) is 6.08. The molecule has 0 saturated carbocycles. The zero-order valence-corrected chi connectivity index (χ0v) is 17.5. The summed E-state index contributed by atoms with van der Waals surface area (Å²) in [4.78, 5) is 0. The van der Waals surface area contributed by atoms with E-state index in [4.69, 9.17) is 104 Å². The van der Waals surface area contributed by atoms with Gasteiger partial charge in [0.25, 0.3) is 0 Å². The van der Waals surface area contributed by atoms with E-state index in [9.17, 15) is 5.11 Å². The Balaban J connectivity index is 3.42. The van der Waals surface area contributed by atoms with Gasteiger partial charge in [0.15, 0.2) is 8.67 Å². The van der Waals surface area contributed by atoms with E-state index in [1.54, 1.807) is 12.1 Å². The Morgan fingerprint density at radius 2 is 1.36 bits per heavy atom. The molecule has 1 unspecified atom stereocenters. The third kappa shape index (κ3) is 3.96. The van der Waals surface area contributed by atoms with E-state index in [1.807, 2.05) is 0 Å². The molecule has 0 spiro atoms. The van der Waals surface area contributed by atoms with E-state index in [0.29, 0.717) is 5.56 Å². The van der Waals surface area contributed by atoms with Gasteiger partial charge >= 0.3 is 0 Å². The maximum absolute atomic E-state index is 11.5. The van der Waals surface area contributed by atoms with Crippen LogP contribution in [-0.2, 0) is 9.44 Å². The van der Waals surface area contributed by atoms with Crippen LogP contribution in [0.3, 0.4) is 0 Å². The molecule has 22 heavy (non-hydrogen) atoms. The van der Waals surface area contributed by atoms with Crippen molar-refractivity contribution < 1.29 is 5.11 Å². The van der Waals surface area contributed by atoms with Crippen LogP contribution in [0, 0.1) is 0 Å². The monoisotopic (exact) mass is 483 g/mol. The third-order valence-corrected chi connectivity index (χ3v) is 8.34. The topological polar surface area (TPSA) is 19.9 Å². The molecule has 1 rings (SSSR count). The summed E-state index contributed by atoms with van der Waals surface area (Å²) in [5.74, 6) is 0. The van der Waals surface area contributed by atoms with Crippen LogP contribution < -0.4 is 0 Å². The SMILES string of the molecule is CC([O])c1cccc(C(Cl)(Cl)C(Cl)(Cl)C(Cl)(Cl)C(Cl)(Cl)Cl)c1. The van der Waals surface area contributed by atoms with Crippen LogP contribution in [0.5, 0.6) is 0 Å². The second kappa shape index (κ2) is 7.19. The van der Waals surface area contributed by atoms with Crippen molar-refractivity contribution in [3.63, 3.8) is 0 Å². The van der Waals surface area contributed by atoms with E-state index in [1.165, 1.54) is 19.1 Å². The van der Waals surface area contributed by atoms with Crippen molar-refractivity contribution in [3.8, 4) is 0 Å². The molecule has 10 heteroatoms. The molecule has 0 bridgehead atoms. The largest absolute Gasteiger partial charge is 0.228 e. The lowest BCUT2D eigenvalue weighted by Gasteiger charge is -2.44. The molecular weight excluding hydrogens is 479 g/mol. The average molecular weight is 487 g/mol. The van der Waals surface area contributed by atoms with Gasteiger partial charge in [-0.05, 0) is 24.1 Å². The van der Waals surface area contributed by atoms with E-state index < -0.39 is 22.9 Å². The fraction of sp³-hybridized carbons (Fsp3) is 0.500. The maximum Gasteiger partial charge on any atom is 0.226 e. The van der Waals surface area contributed by atoms with Crippen LogP contribution >= 0.6 is 104 Å². The highest BCUT2D eigenvalue weighted by atomic mass is 35.6. The molecule has 0 amide bonds. The van der Waals surface area contributed by atoms with Gasteiger partial charge in [0, 0.05) is 0 Å². The summed E-state index contributed by atoms with van der Waals surface area (Å²) in [5, 5.41) is 11.5. The second-order valence-corrected chi connectivity index (χ2v) is 10.8. The van der Waals surface area contributed by atoms with E-state index in [2.05, 4.69) is 0 Å². The number of benzene rings is 1. The molecule has 0 aliphatic carbocycles. The standard InChI is InChI=1S/C12H8Cl9O/c1-6(22)7-3-2-4-8(5-7)9(13,14)10(15,16)11(17,18)12(19,20)21/h2-6H,1H3. The van der Waals surface area contributed by atoms with Gasteiger partial charge < -0.3 is 0 Å². The van der Waals surface area contributed by atoms with Crippen LogP contribution in [-0.4, -0.2) is 12.5 Å². The average Bonchev–Trinajstić information content (AvgIpc) is 2.37. The number of rotatable bonds is 4. The van der Waals surface area contributed by atoms with E-state index in [0.717, 1.165) is 0 Å². The van der Waals surface area contributed by atoms with Gasteiger partial charge in [-0.1, -0.05) is 123 Å². The van der Waals surface area contributed by atoms with Crippen LogP contribution in [0.2, 0.25) is 0 Å². The molecule has 1 nitrogen and oxygen atoms in total. The van der Waals surface area contributed by atoms with Crippen LogP contribution in [0.15, 0.2) is 24.3 Å². The van der Waals surface area contributed by atoms with Gasteiger partial charge in [-0.3, -0.25) is 0 Å². The number of hydrogen-bond donors (Lipinski definition) is 0. The summed E-state index contributed by atoms with van der Waals surface area (Å²) in [6.07, 6.45) is -1.02. The minimum absolute atomic E-state index is 0.181. The predicted molar refractivity (Wildman–Crippen MR) is 98.1 cm³/mol. The van der Waals surface area contributed by atoms with Gasteiger partial charge in [-0.2, -0.15) is 0 Å². The Morgan fingerprint density at radius 3 is 1.77 bits per heavy atom. The van der Waals surface area contributed by atoms with Crippen molar-refractivity contribution in [1.29, 1.82) is 0 Å². The molecule has 0 fully saturated rings. The first-order valence-corrected chi connectivity index (χ1v) is 9.03. The van der Waals surface area contributed by atoms with Crippen molar-refractivity contribution in [2.45, 2.75) is 29.8 Å². The summed E-state index contributed by atoms with van der Waals surface area (Å²) >= 11 is 54.1. The lowest BCUT2D eigenvalue weighted by Crippen LogP contribution is -2.54. The predicted octanol–water partition coefficient (Wildman–Crippen LogP) is 7.53. The molecule has 0 N–H and O–H groups in total. The highest BCUT2D eigenvalue weighted by molar-refractivity contribution is 6.80. The smallest absolute Gasteiger partial charge is 0.226 e. The first kappa shape index (κ1) is 21.8. The Hall–Kier alpha value is 1.79.